The van der Waals surface area contributed by atoms with E-state index in [1.165, 1.54) is 11.1 Å². The van der Waals surface area contributed by atoms with E-state index in [1.807, 2.05) is 13.0 Å². The standard InChI is InChI=1S/C24H27NO3/c1-17-5-8-20(9-6-17)22-12-10-21(11-13-24(26)27)25(22)14-15-28-23-16-18(2)4-7-19(23)3/h4-10,12,16H,11,13-15H2,1-3H3,(H,26,27). The lowest BCUT2D eigenvalue weighted by Gasteiger charge is -2.16. The summed E-state index contributed by atoms with van der Waals surface area (Å²) in [6.07, 6.45) is 0.625. The molecule has 0 amide bonds. The number of aromatic nitrogens is 1. The zero-order valence-electron chi connectivity index (χ0n) is 16.7. The number of ether oxygens (including phenoxy) is 1. The molecule has 1 aromatic heterocycles. The summed E-state index contributed by atoms with van der Waals surface area (Å²) in [5.74, 6) is 0.118. The van der Waals surface area contributed by atoms with E-state index < -0.39 is 5.97 Å². The third-order valence-electron chi connectivity index (χ3n) is 4.93. The first-order valence-corrected chi connectivity index (χ1v) is 9.61. The minimum Gasteiger partial charge on any atom is -0.491 e. The number of aryl methyl sites for hydroxylation is 4. The van der Waals surface area contributed by atoms with Crippen molar-refractivity contribution in [1.29, 1.82) is 0 Å². The Morgan fingerprint density at radius 1 is 0.964 bits per heavy atom. The molecular formula is C24H27NO3. The van der Waals surface area contributed by atoms with Crippen LogP contribution in [0, 0.1) is 20.8 Å². The van der Waals surface area contributed by atoms with Gasteiger partial charge in [-0.25, -0.2) is 0 Å². The van der Waals surface area contributed by atoms with Crippen molar-refractivity contribution in [2.75, 3.05) is 6.61 Å². The van der Waals surface area contributed by atoms with Crippen LogP contribution in [0.4, 0.5) is 0 Å². The van der Waals surface area contributed by atoms with Crippen LogP contribution < -0.4 is 4.74 Å². The zero-order chi connectivity index (χ0) is 20.1. The topological polar surface area (TPSA) is 51.5 Å². The van der Waals surface area contributed by atoms with Gasteiger partial charge in [-0.15, -0.1) is 0 Å². The Morgan fingerprint density at radius 3 is 2.39 bits per heavy atom. The second kappa shape index (κ2) is 8.79. The molecule has 0 atom stereocenters. The Morgan fingerprint density at radius 2 is 1.68 bits per heavy atom. The summed E-state index contributed by atoms with van der Waals surface area (Å²) in [7, 11) is 0. The molecule has 0 fully saturated rings. The summed E-state index contributed by atoms with van der Waals surface area (Å²) in [6, 6.07) is 18.7. The molecule has 0 saturated heterocycles. The average Bonchev–Trinajstić information content (AvgIpc) is 3.06. The molecule has 0 bridgehead atoms. The fourth-order valence-corrected chi connectivity index (χ4v) is 3.31. The fourth-order valence-electron chi connectivity index (χ4n) is 3.31. The number of aliphatic carboxylic acids is 1. The van der Waals surface area contributed by atoms with Crippen LogP contribution in [0.2, 0.25) is 0 Å². The molecule has 2 aromatic carbocycles. The molecule has 1 heterocycles. The quantitative estimate of drug-likeness (QED) is 0.589. The van der Waals surface area contributed by atoms with Gasteiger partial charge in [0.2, 0.25) is 0 Å². The Labute approximate surface area is 166 Å². The summed E-state index contributed by atoms with van der Waals surface area (Å²) in [5, 5.41) is 9.07. The van der Waals surface area contributed by atoms with Gasteiger partial charge >= 0.3 is 5.97 Å². The minimum absolute atomic E-state index is 0.120. The number of benzene rings is 2. The molecule has 1 N–H and O–H groups in total. The van der Waals surface area contributed by atoms with Gasteiger partial charge in [-0.2, -0.15) is 0 Å². The number of hydrogen-bond acceptors (Lipinski definition) is 2. The van der Waals surface area contributed by atoms with Crippen molar-refractivity contribution in [2.24, 2.45) is 0 Å². The number of nitrogens with zero attached hydrogens (tertiary/aromatic N) is 1. The monoisotopic (exact) mass is 377 g/mol. The van der Waals surface area contributed by atoms with E-state index in [4.69, 9.17) is 9.84 Å². The normalized spacial score (nSPS) is 10.8. The van der Waals surface area contributed by atoms with Crippen molar-refractivity contribution in [3.63, 3.8) is 0 Å². The van der Waals surface area contributed by atoms with E-state index in [2.05, 4.69) is 66.9 Å². The van der Waals surface area contributed by atoms with Crippen LogP contribution in [-0.4, -0.2) is 22.2 Å². The highest BCUT2D eigenvalue weighted by Gasteiger charge is 2.12. The highest BCUT2D eigenvalue weighted by atomic mass is 16.5. The van der Waals surface area contributed by atoms with Gasteiger partial charge in [-0.05, 0) is 62.1 Å². The predicted octanol–water partition coefficient (Wildman–Crippen LogP) is 5.18. The van der Waals surface area contributed by atoms with Crippen molar-refractivity contribution < 1.29 is 14.6 Å². The van der Waals surface area contributed by atoms with Gasteiger partial charge in [0.1, 0.15) is 12.4 Å². The van der Waals surface area contributed by atoms with Crippen LogP contribution >= 0.6 is 0 Å². The van der Waals surface area contributed by atoms with Crippen LogP contribution in [0.5, 0.6) is 5.75 Å². The lowest BCUT2D eigenvalue weighted by Crippen LogP contribution is -2.13. The van der Waals surface area contributed by atoms with Crippen molar-refractivity contribution in [1.82, 2.24) is 4.57 Å². The SMILES string of the molecule is Cc1ccc(-c2ccc(CCC(=O)O)n2CCOc2cc(C)ccc2C)cc1. The molecule has 3 aromatic rings. The van der Waals surface area contributed by atoms with Crippen LogP contribution in [0.25, 0.3) is 11.3 Å². The van der Waals surface area contributed by atoms with Gasteiger partial charge in [0.25, 0.3) is 0 Å². The van der Waals surface area contributed by atoms with Gasteiger partial charge in [0.15, 0.2) is 0 Å². The Kier molecular flexibility index (Phi) is 6.19. The molecule has 4 nitrogen and oxygen atoms in total. The smallest absolute Gasteiger partial charge is 0.303 e. The van der Waals surface area contributed by atoms with E-state index in [9.17, 15) is 4.79 Å². The van der Waals surface area contributed by atoms with Crippen LogP contribution in [0.1, 0.15) is 28.8 Å². The number of rotatable bonds is 8. The predicted molar refractivity (Wildman–Crippen MR) is 112 cm³/mol. The molecule has 28 heavy (non-hydrogen) atoms. The summed E-state index contributed by atoms with van der Waals surface area (Å²) in [4.78, 5) is 11.0. The molecule has 3 rings (SSSR count). The highest BCUT2D eigenvalue weighted by molar-refractivity contribution is 5.67. The van der Waals surface area contributed by atoms with Crippen molar-refractivity contribution >= 4 is 5.97 Å². The second-order valence-corrected chi connectivity index (χ2v) is 7.24. The number of carbonyl (C=O) groups is 1. The van der Waals surface area contributed by atoms with Gasteiger partial charge in [-0.3, -0.25) is 4.79 Å². The molecular weight excluding hydrogens is 350 g/mol. The maximum absolute atomic E-state index is 11.0. The lowest BCUT2D eigenvalue weighted by molar-refractivity contribution is -0.136. The average molecular weight is 377 g/mol. The maximum atomic E-state index is 11.0. The summed E-state index contributed by atoms with van der Waals surface area (Å²) >= 11 is 0. The summed E-state index contributed by atoms with van der Waals surface area (Å²) in [5.41, 5.74) is 6.73. The van der Waals surface area contributed by atoms with Crippen molar-refractivity contribution in [2.45, 2.75) is 40.2 Å². The van der Waals surface area contributed by atoms with Gasteiger partial charge in [-0.1, -0.05) is 42.0 Å². The van der Waals surface area contributed by atoms with Gasteiger partial charge in [0, 0.05) is 11.4 Å². The summed E-state index contributed by atoms with van der Waals surface area (Å²) < 4.78 is 8.22. The molecule has 0 aliphatic rings. The number of carboxylic acids is 1. The molecule has 146 valence electrons. The van der Waals surface area contributed by atoms with E-state index >= 15 is 0 Å². The first-order valence-electron chi connectivity index (χ1n) is 9.61. The third-order valence-corrected chi connectivity index (χ3v) is 4.93. The van der Waals surface area contributed by atoms with E-state index in [-0.39, 0.29) is 6.42 Å². The molecule has 0 aliphatic carbocycles. The van der Waals surface area contributed by atoms with Gasteiger partial charge < -0.3 is 14.4 Å². The molecule has 4 heteroatoms. The Bertz CT molecular complexity index is 954. The van der Waals surface area contributed by atoms with Crippen molar-refractivity contribution in [3.8, 4) is 17.0 Å². The Hall–Kier alpha value is -3.01. The molecule has 0 aliphatic heterocycles. The number of hydrogen-bond donors (Lipinski definition) is 1. The van der Waals surface area contributed by atoms with Crippen LogP contribution in [0.15, 0.2) is 54.6 Å². The molecule has 0 saturated carbocycles. The maximum Gasteiger partial charge on any atom is 0.303 e. The van der Waals surface area contributed by atoms with Crippen LogP contribution in [0.3, 0.4) is 0 Å². The van der Waals surface area contributed by atoms with Crippen LogP contribution in [-0.2, 0) is 17.8 Å². The van der Waals surface area contributed by atoms with Gasteiger partial charge in [0.05, 0.1) is 13.0 Å². The first-order chi connectivity index (χ1) is 13.4. The largest absolute Gasteiger partial charge is 0.491 e. The molecule has 0 spiro atoms. The highest BCUT2D eigenvalue weighted by Crippen LogP contribution is 2.25. The minimum atomic E-state index is -0.781. The molecule has 0 unspecified atom stereocenters. The lowest BCUT2D eigenvalue weighted by atomic mass is 10.1. The number of carboxylic acid groups (broad SMARTS) is 1. The third kappa shape index (κ3) is 4.83. The van der Waals surface area contributed by atoms with Crippen molar-refractivity contribution in [3.05, 3.63) is 77.0 Å². The first kappa shape index (κ1) is 19.7. The van der Waals surface area contributed by atoms with E-state index in [0.29, 0.717) is 19.6 Å². The van der Waals surface area contributed by atoms with E-state index in [1.54, 1.807) is 0 Å². The molecule has 0 radical (unpaired) electrons. The fraction of sp³-hybridized carbons (Fsp3) is 0.292. The Balaban J connectivity index is 1.81. The summed E-state index contributed by atoms with van der Waals surface area (Å²) in [6.45, 7) is 7.35. The second-order valence-electron chi connectivity index (χ2n) is 7.24. The zero-order valence-corrected chi connectivity index (χ0v) is 16.7. The van der Waals surface area contributed by atoms with E-state index in [0.717, 1.165) is 28.3 Å².